The molecular weight excluding hydrogens is 1020 g/mol. The molecule has 4 amide bonds. The van der Waals surface area contributed by atoms with Gasteiger partial charge in [0.1, 0.15) is 29.9 Å². The second-order valence-corrected chi connectivity index (χ2v) is 20.0. The number of nitrogens with one attached hydrogen (secondary N) is 1. The number of imide groups is 1. The highest BCUT2D eigenvalue weighted by atomic mass is 16.6. The van der Waals surface area contributed by atoms with Crippen LogP contribution in [0.25, 0.3) is 0 Å². The summed E-state index contributed by atoms with van der Waals surface area (Å²) in [6.45, 7) is 1.65. The van der Waals surface area contributed by atoms with Gasteiger partial charge in [0.2, 0.25) is 11.8 Å². The quantitative estimate of drug-likeness (QED) is 0.0470. The first-order chi connectivity index (χ1) is 38.9. The maximum Gasteiger partial charge on any atom is 0.329 e. The van der Waals surface area contributed by atoms with Gasteiger partial charge in [0.25, 0.3) is 0 Å². The van der Waals surface area contributed by atoms with Crippen molar-refractivity contribution >= 4 is 41.4 Å². The number of methoxy groups -OCH3 is 4. The number of hydrogen-bond acceptors (Lipinski definition) is 14. The summed E-state index contributed by atoms with van der Waals surface area (Å²) in [5, 5.41) is 13.0. The minimum Gasteiger partial charge on any atom is -0.493 e. The highest BCUT2D eigenvalue weighted by Crippen LogP contribution is 2.66. The van der Waals surface area contributed by atoms with Crippen molar-refractivity contribution in [1.29, 1.82) is 0 Å². The van der Waals surface area contributed by atoms with Gasteiger partial charge in [-0.2, -0.15) is 0 Å². The lowest BCUT2D eigenvalue weighted by atomic mass is 9.64. The number of fused-ring (bicyclic) bond motifs is 4. The normalized spacial score (nSPS) is 21.3. The predicted molar refractivity (Wildman–Crippen MR) is 292 cm³/mol. The van der Waals surface area contributed by atoms with Gasteiger partial charge in [0.15, 0.2) is 17.4 Å². The Morgan fingerprint density at radius 2 is 1.39 bits per heavy atom. The van der Waals surface area contributed by atoms with Crippen molar-refractivity contribution in [3.63, 3.8) is 0 Å². The fraction of sp³-hybridized carbons (Fsp3) is 0.302. The molecule has 2 saturated heterocycles. The molecule has 10 rings (SSSR count). The molecule has 2 N–H and O–H groups in total. The van der Waals surface area contributed by atoms with Gasteiger partial charge in [0.05, 0.1) is 64.8 Å². The number of rotatable bonds is 14. The zero-order valence-corrected chi connectivity index (χ0v) is 44.8. The van der Waals surface area contributed by atoms with Crippen molar-refractivity contribution in [3.05, 3.63) is 190 Å². The Hall–Kier alpha value is -8.98. The number of carbonyl (C=O) groups excluding carboxylic acids is 6. The minimum atomic E-state index is -2.17. The Bertz CT molecular complexity index is 3390. The van der Waals surface area contributed by atoms with Gasteiger partial charge in [-0.25, -0.2) is 9.69 Å². The third-order valence-corrected chi connectivity index (χ3v) is 15.6. The van der Waals surface area contributed by atoms with E-state index < -0.39 is 83.3 Å². The van der Waals surface area contributed by atoms with Crippen LogP contribution in [0.2, 0.25) is 0 Å². The number of anilines is 1. The van der Waals surface area contributed by atoms with Gasteiger partial charge >= 0.3 is 23.9 Å². The molecule has 1 spiro atoms. The van der Waals surface area contributed by atoms with E-state index >= 15 is 19.2 Å². The lowest BCUT2D eigenvalue weighted by Crippen LogP contribution is -2.57. The fourth-order valence-electron chi connectivity index (χ4n) is 12.0. The molecule has 4 aliphatic heterocycles. The van der Waals surface area contributed by atoms with Gasteiger partial charge in [-0.3, -0.25) is 28.9 Å². The Morgan fingerprint density at radius 1 is 0.750 bits per heavy atom. The number of cyclic esters (lactones) is 1. The van der Waals surface area contributed by atoms with Crippen LogP contribution in [0.4, 0.5) is 10.5 Å². The standard InChI is InChI=1S/C63H60N4O13/c1-38(40-18-9-6-10-19-40)64-62(74)66-49-28-27-39(17-15-26-47(58(70)77-4)59(71)78-5)33-48(49)63(61(66)73)52(57(69)65-30-29-43-35-50(75-2)51(76-3)36-45(43)37-65)54-60(72)80-55(42-22-13-8-14-23-42)53(41-20-11-7-12-21-41)67(54)56(63)44-24-16-25-46(34-44)79-32-31-68/h6-14,16,18-25,27-28,33-36,38,47,52-56,68H,26,29-32,37H2,1-5H3,(H,64,74)/t38-,52-,53-,54-,55+,56+,63-/m1/s1. The first-order valence-electron chi connectivity index (χ1n) is 26.3. The number of aliphatic hydroxyl groups excluding tert-OH is 1. The molecule has 6 aromatic carbocycles. The lowest BCUT2D eigenvalue weighted by molar-refractivity contribution is -0.179. The van der Waals surface area contributed by atoms with E-state index in [4.69, 9.17) is 28.4 Å². The summed E-state index contributed by atoms with van der Waals surface area (Å²) in [6, 6.07) is 38.4. The van der Waals surface area contributed by atoms with Crippen LogP contribution in [0.1, 0.15) is 82.1 Å². The average molecular weight is 1080 g/mol. The number of aliphatic hydroxyl groups is 1. The molecule has 0 aliphatic carbocycles. The van der Waals surface area contributed by atoms with Crippen LogP contribution in [-0.4, -0.2) is 105 Å². The maximum atomic E-state index is 17.1. The molecule has 2 fully saturated rings. The van der Waals surface area contributed by atoms with Crippen LogP contribution in [0.15, 0.2) is 146 Å². The summed E-state index contributed by atoms with van der Waals surface area (Å²) in [7, 11) is 5.38. The van der Waals surface area contributed by atoms with Gasteiger partial charge in [-0.05, 0) is 94.8 Å². The number of urea groups is 1. The average Bonchev–Trinajstić information content (AvgIpc) is 3.34. The molecule has 0 saturated carbocycles. The molecule has 6 aromatic rings. The third kappa shape index (κ3) is 9.75. The summed E-state index contributed by atoms with van der Waals surface area (Å²) >= 11 is 0. The van der Waals surface area contributed by atoms with E-state index in [2.05, 4.69) is 17.2 Å². The van der Waals surface area contributed by atoms with E-state index in [0.29, 0.717) is 40.4 Å². The predicted octanol–water partition coefficient (Wildman–Crippen LogP) is 7.50. The van der Waals surface area contributed by atoms with Crippen LogP contribution >= 0.6 is 0 Å². The zero-order chi connectivity index (χ0) is 56.2. The van der Waals surface area contributed by atoms with E-state index in [0.717, 1.165) is 35.8 Å². The molecular formula is C63H60N4O13. The van der Waals surface area contributed by atoms with E-state index in [9.17, 15) is 14.7 Å². The number of benzene rings is 6. The maximum absolute atomic E-state index is 17.1. The summed E-state index contributed by atoms with van der Waals surface area (Å²) < 4.78 is 34.0. The Balaban J connectivity index is 1.26. The van der Waals surface area contributed by atoms with E-state index in [1.165, 1.54) is 7.11 Å². The molecule has 0 radical (unpaired) electrons. The number of hydrogen-bond donors (Lipinski definition) is 2. The first kappa shape index (κ1) is 54.4. The van der Waals surface area contributed by atoms with Crippen molar-refractivity contribution in [2.45, 2.75) is 62.0 Å². The Morgan fingerprint density at radius 3 is 2.04 bits per heavy atom. The van der Waals surface area contributed by atoms with Crippen LogP contribution < -0.4 is 24.4 Å². The third-order valence-electron chi connectivity index (χ3n) is 15.6. The van der Waals surface area contributed by atoms with Crippen LogP contribution in [-0.2, 0) is 56.6 Å². The Labute approximate surface area is 463 Å². The van der Waals surface area contributed by atoms with Gasteiger partial charge in [-0.15, -0.1) is 0 Å². The number of esters is 3. The SMILES string of the molecule is COC(=O)C(CC#Cc1ccc2c(c1)[C@]1(C(=O)N2C(=O)N[C@H](C)c2ccccc2)[C@H](c2cccc(OCCO)c2)N2[C@H](c3ccccc3)[C@H](c3ccccc3)OC(=O)[C@H]2[C@@H]1C(=O)N1CCc2cc(OC)c(OC)cc2C1)C(=O)OC. The first-order valence-corrected chi connectivity index (χ1v) is 26.3. The summed E-state index contributed by atoms with van der Waals surface area (Å²) in [4.78, 5) is 95.4. The molecule has 0 aromatic heterocycles. The number of ether oxygens (including phenoxy) is 6. The van der Waals surface area contributed by atoms with E-state index in [1.807, 2.05) is 108 Å². The fourth-order valence-corrected chi connectivity index (χ4v) is 12.0. The molecule has 7 atom stereocenters. The van der Waals surface area contributed by atoms with Gasteiger partial charge < -0.3 is 43.7 Å². The smallest absolute Gasteiger partial charge is 0.329 e. The second-order valence-electron chi connectivity index (χ2n) is 20.0. The molecule has 0 bridgehead atoms. The molecule has 4 aliphatic rings. The molecule has 4 heterocycles. The molecule has 17 heteroatoms. The summed E-state index contributed by atoms with van der Waals surface area (Å²) in [5.41, 5.74) is 2.68. The Kier molecular flexibility index (Phi) is 15.7. The largest absolute Gasteiger partial charge is 0.493 e. The van der Waals surface area contributed by atoms with Crippen molar-refractivity contribution < 1.29 is 62.3 Å². The second kappa shape index (κ2) is 23.2. The van der Waals surface area contributed by atoms with Crippen molar-refractivity contribution in [2.24, 2.45) is 11.8 Å². The van der Waals surface area contributed by atoms with Gasteiger partial charge in [0, 0.05) is 25.1 Å². The molecule has 410 valence electrons. The minimum absolute atomic E-state index is 0.0552. The molecule has 80 heavy (non-hydrogen) atoms. The van der Waals surface area contributed by atoms with Crippen molar-refractivity contribution in [3.8, 4) is 29.1 Å². The lowest BCUT2D eigenvalue weighted by Gasteiger charge is -2.46. The van der Waals surface area contributed by atoms with Gasteiger partial charge in [-0.1, -0.05) is 115 Å². The molecule has 17 nitrogen and oxygen atoms in total. The van der Waals surface area contributed by atoms with Crippen molar-refractivity contribution in [2.75, 3.05) is 53.1 Å². The monoisotopic (exact) mass is 1080 g/mol. The number of nitrogens with zero attached hydrogens (tertiary/aromatic N) is 3. The van der Waals surface area contributed by atoms with Crippen LogP contribution in [0.3, 0.4) is 0 Å². The van der Waals surface area contributed by atoms with Crippen molar-refractivity contribution in [1.82, 2.24) is 15.1 Å². The highest BCUT2D eigenvalue weighted by Gasteiger charge is 2.76. The summed E-state index contributed by atoms with van der Waals surface area (Å²) in [5.74, 6) is 0.490. The number of amides is 4. The zero-order valence-electron chi connectivity index (χ0n) is 44.8. The van der Waals surface area contributed by atoms with Crippen LogP contribution in [0.5, 0.6) is 17.2 Å². The highest BCUT2D eigenvalue weighted by molar-refractivity contribution is 6.24. The number of carbonyl (C=O) groups is 6. The topological polar surface area (TPSA) is 200 Å². The van der Waals surface area contributed by atoms with Crippen LogP contribution in [0, 0.1) is 23.7 Å². The van der Waals surface area contributed by atoms with E-state index in [-0.39, 0.29) is 49.5 Å². The summed E-state index contributed by atoms with van der Waals surface area (Å²) in [6.07, 6.45) is -0.915. The van der Waals surface area contributed by atoms with E-state index in [1.54, 1.807) is 61.4 Å². The number of morpholine rings is 1. The molecule has 0 unspecified atom stereocenters.